The highest BCUT2D eigenvalue weighted by Crippen LogP contribution is 2.45. The molecule has 3 heterocycles. The Hall–Kier alpha value is -2.12. The Balaban J connectivity index is 1.89. The Morgan fingerprint density at radius 2 is 2.00 bits per heavy atom. The van der Waals surface area contributed by atoms with E-state index in [0.717, 1.165) is 4.90 Å². The summed E-state index contributed by atoms with van der Waals surface area (Å²) < 4.78 is 28.4. The number of carbonyl (C=O) groups excluding carboxylic acids is 2. The highest BCUT2D eigenvalue weighted by molar-refractivity contribution is 5.93. The van der Waals surface area contributed by atoms with Crippen molar-refractivity contribution in [1.82, 2.24) is 19.8 Å². The Bertz CT molecular complexity index is 649. The quantitative estimate of drug-likeness (QED) is 0.776. The molecule has 0 aliphatic carbocycles. The Morgan fingerprint density at radius 3 is 2.57 bits per heavy atom. The van der Waals surface area contributed by atoms with Crippen molar-refractivity contribution < 1.29 is 18.4 Å². The van der Waals surface area contributed by atoms with Gasteiger partial charge in [0.05, 0.1) is 23.9 Å². The number of aromatic nitrogens is 2. The normalized spacial score (nSPS) is 26.9. The second-order valence-electron chi connectivity index (χ2n) is 6.49. The minimum Gasteiger partial charge on any atom is -0.345 e. The molecule has 1 atom stereocenters. The van der Waals surface area contributed by atoms with Crippen molar-refractivity contribution in [1.29, 1.82) is 0 Å². The van der Waals surface area contributed by atoms with Crippen molar-refractivity contribution in [2.24, 2.45) is 5.41 Å². The van der Waals surface area contributed by atoms with Crippen LogP contribution in [0.1, 0.15) is 29.0 Å². The van der Waals surface area contributed by atoms with E-state index in [0.29, 0.717) is 18.7 Å². The number of nitrogens with zero attached hydrogens (tertiary/aromatic N) is 4. The van der Waals surface area contributed by atoms with Gasteiger partial charge in [0.25, 0.3) is 11.8 Å². The first kappa shape index (κ1) is 15.8. The zero-order valence-electron chi connectivity index (χ0n) is 13.1. The van der Waals surface area contributed by atoms with Crippen molar-refractivity contribution in [3.63, 3.8) is 0 Å². The van der Waals surface area contributed by atoms with Crippen LogP contribution in [0.2, 0.25) is 0 Å². The maximum atomic E-state index is 14.2. The second kappa shape index (κ2) is 5.21. The molecule has 1 aromatic heterocycles. The van der Waals surface area contributed by atoms with Crippen LogP contribution in [0, 0.1) is 12.3 Å². The fourth-order valence-electron chi connectivity index (χ4n) is 3.42. The van der Waals surface area contributed by atoms with Crippen molar-refractivity contribution >= 4 is 11.8 Å². The van der Waals surface area contributed by atoms with E-state index in [2.05, 4.69) is 9.97 Å². The van der Waals surface area contributed by atoms with Crippen molar-refractivity contribution in [3.05, 3.63) is 23.8 Å². The lowest BCUT2D eigenvalue weighted by atomic mass is 9.77. The van der Waals surface area contributed by atoms with Crippen LogP contribution in [0.15, 0.2) is 12.4 Å². The fourth-order valence-corrected chi connectivity index (χ4v) is 3.42. The molecule has 124 valence electrons. The summed E-state index contributed by atoms with van der Waals surface area (Å²) in [5.74, 6) is -4.02. The Labute approximate surface area is 132 Å². The molecular formula is C15H18F2N4O2. The number of hydrogen-bond acceptors (Lipinski definition) is 4. The molecular weight excluding hydrogens is 306 g/mol. The lowest BCUT2D eigenvalue weighted by molar-refractivity contribution is -0.150. The number of hydrogen-bond donors (Lipinski definition) is 0. The number of rotatable bonds is 1. The molecule has 1 aromatic rings. The molecule has 0 aromatic carbocycles. The van der Waals surface area contributed by atoms with E-state index in [9.17, 15) is 18.4 Å². The fraction of sp³-hybridized carbons (Fsp3) is 0.600. The average molecular weight is 324 g/mol. The minimum atomic E-state index is -3.09. The van der Waals surface area contributed by atoms with E-state index in [4.69, 9.17) is 0 Å². The first-order chi connectivity index (χ1) is 10.7. The summed E-state index contributed by atoms with van der Waals surface area (Å²) in [7, 11) is 1.60. The largest absolute Gasteiger partial charge is 0.345 e. The van der Waals surface area contributed by atoms with Gasteiger partial charge in [-0.05, 0) is 13.3 Å². The number of aryl methyl sites for hydroxylation is 1. The van der Waals surface area contributed by atoms with Crippen LogP contribution in [0.25, 0.3) is 0 Å². The van der Waals surface area contributed by atoms with Crippen LogP contribution in [0.5, 0.6) is 0 Å². The van der Waals surface area contributed by atoms with Crippen molar-refractivity contribution in [3.8, 4) is 0 Å². The highest BCUT2D eigenvalue weighted by atomic mass is 19.3. The van der Waals surface area contributed by atoms with Crippen molar-refractivity contribution in [2.75, 3.05) is 26.7 Å². The zero-order chi connectivity index (χ0) is 16.8. The number of likely N-dealkylation sites (tertiary alicyclic amines) is 2. The van der Waals surface area contributed by atoms with E-state index < -0.39 is 30.2 Å². The van der Waals surface area contributed by atoms with Crippen LogP contribution in [-0.2, 0) is 4.79 Å². The molecule has 8 heteroatoms. The van der Waals surface area contributed by atoms with E-state index in [1.807, 2.05) is 0 Å². The number of carbonyl (C=O) groups is 2. The molecule has 23 heavy (non-hydrogen) atoms. The number of piperidine rings is 1. The average Bonchev–Trinajstić information content (AvgIpc) is 2.74. The summed E-state index contributed by atoms with van der Waals surface area (Å²) in [6, 6.07) is 0. The molecule has 0 saturated carbocycles. The van der Waals surface area contributed by atoms with Gasteiger partial charge in [-0.25, -0.2) is 13.8 Å². The van der Waals surface area contributed by atoms with Crippen molar-refractivity contribution in [2.45, 2.75) is 25.7 Å². The van der Waals surface area contributed by atoms with Crippen LogP contribution >= 0.6 is 0 Å². The first-order valence-electron chi connectivity index (χ1n) is 7.44. The molecule has 3 rings (SSSR count). The lowest BCUT2D eigenvalue weighted by Crippen LogP contribution is -2.57. The molecule has 0 N–H and O–H groups in total. The molecule has 0 radical (unpaired) electrons. The molecule has 2 aliphatic heterocycles. The van der Waals surface area contributed by atoms with E-state index in [-0.39, 0.29) is 18.1 Å². The molecule has 2 aliphatic rings. The molecule has 2 fully saturated rings. The van der Waals surface area contributed by atoms with Gasteiger partial charge in [-0.2, -0.15) is 0 Å². The Morgan fingerprint density at radius 1 is 1.26 bits per heavy atom. The molecule has 2 amide bonds. The molecule has 6 nitrogen and oxygen atoms in total. The van der Waals surface area contributed by atoms with E-state index >= 15 is 0 Å². The van der Waals surface area contributed by atoms with Gasteiger partial charge in [0.2, 0.25) is 5.91 Å². The molecule has 0 bridgehead atoms. The van der Waals surface area contributed by atoms with Crippen LogP contribution < -0.4 is 0 Å². The SMILES string of the molecule is Cc1cnc(C(=O)N2CC(F)(F)C[C@]3(CCN(C)C3=O)C2)cn1. The highest BCUT2D eigenvalue weighted by Gasteiger charge is 2.57. The predicted molar refractivity (Wildman–Crippen MR) is 76.9 cm³/mol. The Kier molecular flexibility index (Phi) is 3.57. The zero-order valence-corrected chi connectivity index (χ0v) is 13.1. The van der Waals surface area contributed by atoms with Gasteiger partial charge in [0.1, 0.15) is 5.69 Å². The van der Waals surface area contributed by atoms with Gasteiger partial charge in [-0.3, -0.25) is 14.6 Å². The van der Waals surface area contributed by atoms with Gasteiger partial charge in [-0.1, -0.05) is 0 Å². The predicted octanol–water partition coefficient (Wildman–Crippen LogP) is 1.11. The monoisotopic (exact) mass is 324 g/mol. The van der Waals surface area contributed by atoms with Gasteiger partial charge < -0.3 is 9.80 Å². The number of alkyl halides is 2. The number of halogens is 2. The van der Waals surface area contributed by atoms with Crippen LogP contribution in [0.3, 0.4) is 0 Å². The lowest BCUT2D eigenvalue weighted by Gasteiger charge is -2.42. The summed E-state index contributed by atoms with van der Waals surface area (Å²) in [6.45, 7) is 1.46. The summed E-state index contributed by atoms with van der Waals surface area (Å²) in [5.41, 5.74) is -0.540. The van der Waals surface area contributed by atoms with Gasteiger partial charge in [0.15, 0.2) is 0 Å². The van der Waals surface area contributed by atoms with Gasteiger partial charge >= 0.3 is 0 Å². The topological polar surface area (TPSA) is 66.4 Å². The summed E-state index contributed by atoms with van der Waals surface area (Å²) in [4.78, 5) is 35.3. The van der Waals surface area contributed by atoms with Crippen LogP contribution in [0.4, 0.5) is 8.78 Å². The van der Waals surface area contributed by atoms with Gasteiger partial charge in [-0.15, -0.1) is 0 Å². The third-order valence-corrected chi connectivity index (χ3v) is 4.53. The third-order valence-electron chi connectivity index (χ3n) is 4.53. The molecule has 1 spiro atoms. The molecule has 2 saturated heterocycles. The summed E-state index contributed by atoms with van der Waals surface area (Å²) in [5, 5.41) is 0. The number of amides is 2. The standard InChI is InChI=1S/C15H18F2N4O2/c1-10-5-19-11(6-18-10)12(22)21-8-14(7-15(16,17)9-21)3-4-20(2)13(14)23/h5-6H,3-4,7-9H2,1-2H3/t14-/m1/s1. The third kappa shape index (κ3) is 2.77. The summed E-state index contributed by atoms with van der Waals surface area (Å²) in [6.07, 6.45) is 2.52. The van der Waals surface area contributed by atoms with Gasteiger partial charge in [0, 0.05) is 32.8 Å². The maximum absolute atomic E-state index is 14.2. The van der Waals surface area contributed by atoms with E-state index in [1.54, 1.807) is 14.0 Å². The minimum absolute atomic E-state index is 0.000152. The smallest absolute Gasteiger partial charge is 0.274 e. The second-order valence-corrected chi connectivity index (χ2v) is 6.49. The maximum Gasteiger partial charge on any atom is 0.274 e. The first-order valence-corrected chi connectivity index (χ1v) is 7.44. The summed E-state index contributed by atoms with van der Waals surface area (Å²) >= 11 is 0. The molecule has 0 unspecified atom stereocenters. The van der Waals surface area contributed by atoms with Crippen LogP contribution in [-0.4, -0.2) is 64.2 Å². The van der Waals surface area contributed by atoms with E-state index in [1.165, 1.54) is 17.3 Å².